The minimum absolute atomic E-state index is 0.778. The van der Waals surface area contributed by atoms with Gasteiger partial charge in [-0.25, -0.2) is 0 Å². The highest BCUT2D eigenvalue weighted by Gasteiger charge is 2.21. The van der Waals surface area contributed by atoms with Crippen LogP contribution in [0.5, 0.6) is 0 Å². The fraction of sp³-hybridized carbons (Fsp3) is 0.643. The Bertz CT molecular complexity index is 658. The van der Waals surface area contributed by atoms with Crippen molar-refractivity contribution in [3.63, 3.8) is 0 Å². The maximum absolute atomic E-state index is 3.46. The summed E-state index contributed by atoms with van der Waals surface area (Å²) in [5.41, 5.74) is 4.07. The molecule has 0 N–H and O–H groups in total. The second-order valence-corrected chi connectivity index (χ2v) is 9.22. The highest BCUT2D eigenvalue weighted by atomic mass is 14.3. The van der Waals surface area contributed by atoms with Crippen LogP contribution >= 0.6 is 0 Å². The van der Waals surface area contributed by atoms with Crippen LogP contribution in [0.1, 0.15) is 114 Å². The van der Waals surface area contributed by atoms with Gasteiger partial charge in [-0.1, -0.05) is 82.4 Å². The van der Waals surface area contributed by atoms with Crippen LogP contribution < -0.4 is 0 Å². The van der Waals surface area contributed by atoms with E-state index in [-0.39, 0.29) is 0 Å². The van der Waals surface area contributed by atoms with Gasteiger partial charge >= 0.3 is 0 Å². The summed E-state index contributed by atoms with van der Waals surface area (Å²) >= 11 is 0. The zero-order valence-electron chi connectivity index (χ0n) is 18.3. The first-order valence-corrected chi connectivity index (χ1v) is 12.1. The molecular weight excluding hydrogens is 336 g/mol. The molecule has 0 bridgehead atoms. The third-order valence-corrected chi connectivity index (χ3v) is 7.16. The largest absolute Gasteiger partial charge is 0.0726 e. The van der Waals surface area contributed by atoms with E-state index in [2.05, 4.69) is 56.0 Å². The van der Waals surface area contributed by atoms with Gasteiger partial charge in [0.2, 0.25) is 0 Å². The normalized spacial score (nSPS) is 24.9. The molecule has 152 valence electrons. The van der Waals surface area contributed by atoms with Gasteiger partial charge in [0.1, 0.15) is 0 Å². The molecule has 0 saturated heterocycles. The zero-order valence-corrected chi connectivity index (χ0v) is 18.3. The number of allylic oxidation sites excluding steroid dienone is 2. The van der Waals surface area contributed by atoms with Crippen molar-refractivity contribution in [1.82, 2.24) is 0 Å². The molecule has 28 heavy (non-hydrogen) atoms. The first kappa shape index (κ1) is 21.2. The van der Waals surface area contributed by atoms with Crippen LogP contribution in [0.3, 0.4) is 0 Å². The van der Waals surface area contributed by atoms with Gasteiger partial charge in [0, 0.05) is 5.56 Å². The average Bonchev–Trinajstić information content (AvgIpc) is 2.76. The van der Waals surface area contributed by atoms with E-state index in [1.165, 1.54) is 100 Å². The molecular formula is C28H40. The molecule has 3 rings (SSSR count). The molecule has 0 radical (unpaired) electrons. The molecule has 0 heterocycles. The summed E-state index contributed by atoms with van der Waals surface area (Å²) in [7, 11) is 0. The Morgan fingerprint density at radius 3 is 2.25 bits per heavy atom. The topological polar surface area (TPSA) is 0 Å². The zero-order chi connectivity index (χ0) is 19.6. The van der Waals surface area contributed by atoms with E-state index in [4.69, 9.17) is 0 Å². The van der Waals surface area contributed by atoms with Crippen molar-refractivity contribution >= 4 is 0 Å². The molecule has 2 aliphatic carbocycles. The molecule has 1 aromatic carbocycles. The van der Waals surface area contributed by atoms with Gasteiger partial charge in [0.05, 0.1) is 0 Å². The molecule has 0 nitrogen and oxygen atoms in total. The van der Waals surface area contributed by atoms with Crippen molar-refractivity contribution < 1.29 is 0 Å². The van der Waals surface area contributed by atoms with Crippen molar-refractivity contribution in [1.29, 1.82) is 0 Å². The van der Waals surface area contributed by atoms with E-state index >= 15 is 0 Å². The van der Waals surface area contributed by atoms with Gasteiger partial charge in [-0.15, -0.1) is 0 Å². The third kappa shape index (κ3) is 6.55. The van der Waals surface area contributed by atoms with Gasteiger partial charge < -0.3 is 0 Å². The summed E-state index contributed by atoms with van der Waals surface area (Å²) < 4.78 is 0. The lowest BCUT2D eigenvalue weighted by molar-refractivity contribution is 0.319. The van der Waals surface area contributed by atoms with E-state index in [9.17, 15) is 0 Å². The first-order valence-electron chi connectivity index (χ1n) is 12.1. The summed E-state index contributed by atoms with van der Waals surface area (Å²) in [6.07, 6.45) is 20.1. The van der Waals surface area contributed by atoms with Gasteiger partial charge in [0.15, 0.2) is 0 Å². The smallest absolute Gasteiger partial charge is 0.0249 e. The summed E-state index contributed by atoms with van der Waals surface area (Å²) in [6, 6.07) is 9.16. The Balaban J connectivity index is 1.46. The standard InChI is InChI=1S/C28H40/c1-3-5-6-7-8-24-9-11-25(12-10-24)13-14-26-17-21-28(22-18-26)27-19-15-23(4-2)16-20-27/h11,17-18,21-24,27H,3-10,12,15-16,19-20H2,1-2H3. The third-order valence-electron chi connectivity index (χ3n) is 7.16. The second-order valence-electron chi connectivity index (χ2n) is 9.22. The van der Waals surface area contributed by atoms with Crippen LogP contribution in [0.25, 0.3) is 0 Å². The Kier molecular flexibility index (Phi) is 8.72. The lowest BCUT2D eigenvalue weighted by Crippen LogP contribution is -2.12. The number of rotatable bonds is 7. The predicted octanol–water partition coefficient (Wildman–Crippen LogP) is 8.42. The van der Waals surface area contributed by atoms with Crippen LogP contribution in [0.15, 0.2) is 35.9 Å². The van der Waals surface area contributed by atoms with E-state index < -0.39 is 0 Å². The van der Waals surface area contributed by atoms with E-state index in [0.717, 1.165) is 17.8 Å². The number of hydrogen-bond acceptors (Lipinski definition) is 0. The molecule has 0 heteroatoms. The van der Waals surface area contributed by atoms with Gasteiger partial charge in [-0.3, -0.25) is 0 Å². The summed E-state index contributed by atoms with van der Waals surface area (Å²) in [4.78, 5) is 0. The monoisotopic (exact) mass is 376 g/mol. The van der Waals surface area contributed by atoms with Crippen molar-refractivity contribution in [2.24, 2.45) is 11.8 Å². The molecule has 0 aliphatic heterocycles. The summed E-state index contributed by atoms with van der Waals surface area (Å²) in [6.45, 7) is 4.63. The SMILES string of the molecule is CCCCCCC1CC=C(C#Cc2ccc(C3CCC(CC)CC3)cc2)CC1. The van der Waals surface area contributed by atoms with Crippen LogP contribution in [0, 0.1) is 23.7 Å². The van der Waals surface area contributed by atoms with Crippen molar-refractivity contribution in [3.05, 3.63) is 47.0 Å². The molecule has 1 aromatic rings. The molecule has 0 aromatic heterocycles. The molecule has 1 unspecified atom stereocenters. The minimum Gasteiger partial charge on any atom is -0.0726 e. The molecule has 1 fully saturated rings. The summed E-state index contributed by atoms with van der Waals surface area (Å²) in [5, 5.41) is 0. The fourth-order valence-electron chi connectivity index (χ4n) is 5.02. The quantitative estimate of drug-likeness (QED) is 0.331. The Morgan fingerprint density at radius 2 is 1.61 bits per heavy atom. The number of unbranched alkanes of at least 4 members (excludes halogenated alkanes) is 3. The molecule has 1 atom stereocenters. The average molecular weight is 377 g/mol. The Labute approximate surface area is 174 Å². The number of hydrogen-bond donors (Lipinski definition) is 0. The molecule has 0 spiro atoms. The maximum Gasteiger partial charge on any atom is 0.0249 e. The maximum atomic E-state index is 3.46. The van der Waals surface area contributed by atoms with Crippen LogP contribution in [0.4, 0.5) is 0 Å². The van der Waals surface area contributed by atoms with Crippen molar-refractivity contribution in [2.45, 2.75) is 103 Å². The Hall–Kier alpha value is -1.48. The van der Waals surface area contributed by atoms with E-state index in [1.807, 2.05) is 0 Å². The first-order chi connectivity index (χ1) is 13.8. The predicted molar refractivity (Wildman–Crippen MR) is 122 cm³/mol. The van der Waals surface area contributed by atoms with Crippen LogP contribution in [-0.2, 0) is 0 Å². The molecule has 1 saturated carbocycles. The molecule has 2 aliphatic rings. The highest BCUT2D eigenvalue weighted by Crippen LogP contribution is 2.36. The number of benzene rings is 1. The lowest BCUT2D eigenvalue weighted by atomic mass is 9.78. The minimum atomic E-state index is 0.778. The van der Waals surface area contributed by atoms with E-state index in [0.29, 0.717) is 0 Å². The van der Waals surface area contributed by atoms with Gasteiger partial charge in [0.25, 0.3) is 0 Å². The summed E-state index contributed by atoms with van der Waals surface area (Å²) in [5.74, 6) is 9.53. The van der Waals surface area contributed by atoms with Gasteiger partial charge in [-0.2, -0.15) is 0 Å². The van der Waals surface area contributed by atoms with Gasteiger partial charge in [-0.05, 0) is 86.0 Å². The Morgan fingerprint density at radius 1 is 0.821 bits per heavy atom. The van der Waals surface area contributed by atoms with Crippen molar-refractivity contribution in [2.75, 3.05) is 0 Å². The van der Waals surface area contributed by atoms with Crippen molar-refractivity contribution in [3.8, 4) is 11.8 Å². The highest BCUT2D eigenvalue weighted by molar-refractivity contribution is 5.42. The van der Waals surface area contributed by atoms with Crippen LogP contribution in [-0.4, -0.2) is 0 Å². The fourth-order valence-corrected chi connectivity index (χ4v) is 5.02. The molecule has 0 amide bonds. The van der Waals surface area contributed by atoms with E-state index in [1.54, 1.807) is 0 Å². The van der Waals surface area contributed by atoms with Crippen LogP contribution in [0.2, 0.25) is 0 Å². The lowest BCUT2D eigenvalue weighted by Gasteiger charge is -2.28. The second kappa shape index (κ2) is 11.5.